The van der Waals surface area contributed by atoms with Gasteiger partial charge < -0.3 is 10.6 Å². The largest absolute Gasteiger partial charge is 0.336 e. The summed E-state index contributed by atoms with van der Waals surface area (Å²) in [4.78, 5) is 14.6. The first kappa shape index (κ1) is 14.8. The highest BCUT2D eigenvalue weighted by atomic mass is 16.2. The number of aromatic nitrogens is 2. The number of carbonyl (C=O) groups is 1. The van der Waals surface area contributed by atoms with Gasteiger partial charge in [0.2, 0.25) is 0 Å². The van der Waals surface area contributed by atoms with E-state index in [2.05, 4.69) is 12.0 Å². The third kappa shape index (κ3) is 3.04. The SMILES string of the molecule is CC1CC(CN)CN1C(=O)c1ccc(Cn2cccn2)cc1. The van der Waals surface area contributed by atoms with Gasteiger partial charge in [0.05, 0.1) is 6.54 Å². The first-order valence-electron chi connectivity index (χ1n) is 7.74. The van der Waals surface area contributed by atoms with Crippen LogP contribution in [0.25, 0.3) is 0 Å². The summed E-state index contributed by atoms with van der Waals surface area (Å²) in [6.07, 6.45) is 4.69. The number of hydrogen-bond donors (Lipinski definition) is 1. The van der Waals surface area contributed by atoms with E-state index in [9.17, 15) is 4.79 Å². The van der Waals surface area contributed by atoms with Gasteiger partial charge in [-0.15, -0.1) is 0 Å². The van der Waals surface area contributed by atoms with Crippen molar-refractivity contribution in [3.8, 4) is 0 Å². The summed E-state index contributed by atoms with van der Waals surface area (Å²) >= 11 is 0. The zero-order valence-corrected chi connectivity index (χ0v) is 12.9. The summed E-state index contributed by atoms with van der Waals surface area (Å²) in [5, 5.41) is 4.19. The fourth-order valence-electron chi connectivity index (χ4n) is 3.10. The molecule has 2 atom stereocenters. The quantitative estimate of drug-likeness (QED) is 0.935. The predicted octanol–water partition coefficient (Wildman–Crippen LogP) is 1.74. The van der Waals surface area contributed by atoms with Gasteiger partial charge in [-0.2, -0.15) is 5.10 Å². The molecule has 1 amide bonds. The van der Waals surface area contributed by atoms with Crippen LogP contribution in [0, 0.1) is 5.92 Å². The second-order valence-corrected chi connectivity index (χ2v) is 6.04. The lowest BCUT2D eigenvalue weighted by Gasteiger charge is -2.21. The van der Waals surface area contributed by atoms with Gasteiger partial charge in [-0.1, -0.05) is 12.1 Å². The number of rotatable bonds is 4. The average molecular weight is 298 g/mol. The maximum atomic E-state index is 12.6. The van der Waals surface area contributed by atoms with E-state index in [4.69, 9.17) is 5.73 Å². The molecule has 2 heterocycles. The molecular formula is C17H22N4O. The van der Waals surface area contributed by atoms with Crippen LogP contribution < -0.4 is 5.73 Å². The lowest BCUT2D eigenvalue weighted by molar-refractivity contribution is 0.0743. The van der Waals surface area contributed by atoms with Crippen LogP contribution in [0.15, 0.2) is 42.7 Å². The Bertz CT molecular complexity index is 621. The number of benzene rings is 1. The molecule has 1 aromatic carbocycles. The van der Waals surface area contributed by atoms with Crippen molar-refractivity contribution in [3.63, 3.8) is 0 Å². The Morgan fingerprint density at radius 1 is 1.36 bits per heavy atom. The average Bonchev–Trinajstić information content (AvgIpc) is 3.17. The molecule has 116 valence electrons. The molecule has 0 bridgehead atoms. The number of hydrogen-bond acceptors (Lipinski definition) is 3. The van der Waals surface area contributed by atoms with E-state index in [-0.39, 0.29) is 11.9 Å². The van der Waals surface area contributed by atoms with E-state index in [1.165, 1.54) is 0 Å². The van der Waals surface area contributed by atoms with Crippen LogP contribution in [0.5, 0.6) is 0 Å². The molecule has 2 N–H and O–H groups in total. The van der Waals surface area contributed by atoms with Gasteiger partial charge in [0.1, 0.15) is 0 Å². The van der Waals surface area contributed by atoms with E-state index in [0.29, 0.717) is 12.5 Å². The Labute approximate surface area is 130 Å². The first-order chi connectivity index (χ1) is 10.7. The van der Waals surface area contributed by atoms with E-state index in [1.807, 2.05) is 46.1 Å². The molecule has 1 aliphatic rings. The van der Waals surface area contributed by atoms with Gasteiger partial charge in [0, 0.05) is 30.5 Å². The molecule has 5 heteroatoms. The molecule has 1 aromatic heterocycles. The molecule has 0 radical (unpaired) electrons. The molecule has 1 saturated heterocycles. The van der Waals surface area contributed by atoms with Gasteiger partial charge in [0.15, 0.2) is 0 Å². The predicted molar refractivity (Wildman–Crippen MR) is 85.4 cm³/mol. The Morgan fingerprint density at radius 2 is 2.14 bits per heavy atom. The minimum Gasteiger partial charge on any atom is -0.336 e. The second kappa shape index (κ2) is 6.32. The zero-order valence-electron chi connectivity index (χ0n) is 12.9. The molecule has 5 nitrogen and oxygen atoms in total. The van der Waals surface area contributed by atoms with Crippen LogP contribution in [0.4, 0.5) is 0 Å². The van der Waals surface area contributed by atoms with Gasteiger partial charge in [-0.05, 0) is 49.6 Å². The molecule has 0 saturated carbocycles. The minimum absolute atomic E-state index is 0.106. The van der Waals surface area contributed by atoms with Crippen LogP contribution in [0.1, 0.15) is 29.3 Å². The van der Waals surface area contributed by atoms with Crippen molar-refractivity contribution in [2.75, 3.05) is 13.1 Å². The Kier molecular flexibility index (Phi) is 4.24. The molecule has 2 aromatic rings. The van der Waals surface area contributed by atoms with Gasteiger partial charge in [0.25, 0.3) is 5.91 Å². The second-order valence-electron chi connectivity index (χ2n) is 6.04. The summed E-state index contributed by atoms with van der Waals surface area (Å²) < 4.78 is 1.87. The smallest absolute Gasteiger partial charge is 0.254 e. The van der Waals surface area contributed by atoms with Gasteiger partial charge >= 0.3 is 0 Å². The Hall–Kier alpha value is -2.14. The number of nitrogens with two attached hydrogens (primary N) is 1. The van der Waals surface area contributed by atoms with Crippen LogP contribution in [-0.2, 0) is 6.54 Å². The topological polar surface area (TPSA) is 64.2 Å². The highest BCUT2D eigenvalue weighted by Gasteiger charge is 2.31. The number of carbonyl (C=O) groups excluding carboxylic acids is 1. The fourth-order valence-corrected chi connectivity index (χ4v) is 3.10. The summed E-state index contributed by atoms with van der Waals surface area (Å²) in [6.45, 7) is 4.24. The van der Waals surface area contributed by atoms with Crippen molar-refractivity contribution < 1.29 is 4.79 Å². The van der Waals surface area contributed by atoms with E-state index >= 15 is 0 Å². The highest BCUT2D eigenvalue weighted by Crippen LogP contribution is 2.24. The minimum atomic E-state index is 0.106. The van der Waals surface area contributed by atoms with Crippen LogP contribution in [-0.4, -0.2) is 39.7 Å². The summed E-state index contributed by atoms with van der Waals surface area (Å²) in [5.74, 6) is 0.534. The van der Waals surface area contributed by atoms with Crippen molar-refractivity contribution in [1.82, 2.24) is 14.7 Å². The normalized spacial score (nSPS) is 21.3. The molecule has 22 heavy (non-hydrogen) atoms. The zero-order chi connectivity index (χ0) is 15.5. The first-order valence-corrected chi connectivity index (χ1v) is 7.74. The fraction of sp³-hybridized carbons (Fsp3) is 0.412. The third-order valence-corrected chi connectivity index (χ3v) is 4.36. The van der Waals surface area contributed by atoms with Crippen molar-refractivity contribution in [1.29, 1.82) is 0 Å². The van der Waals surface area contributed by atoms with Crippen LogP contribution >= 0.6 is 0 Å². The number of likely N-dealkylation sites (tertiary alicyclic amines) is 1. The lowest BCUT2D eigenvalue weighted by Crippen LogP contribution is -2.34. The van der Waals surface area contributed by atoms with Gasteiger partial charge in [-0.25, -0.2) is 0 Å². The van der Waals surface area contributed by atoms with Crippen molar-refractivity contribution in [3.05, 3.63) is 53.9 Å². The van der Waals surface area contributed by atoms with E-state index in [1.54, 1.807) is 6.20 Å². The third-order valence-electron chi connectivity index (χ3n) is 4.36. The molecule has 3 rings (SSSR count). The molecule has 0 spiro atoms. The maximum Gasteiger partial charge on any atom is 0.254 e. The monoisotopic (exact) mass is 298 g/mol. The standard InChI is InChI=1S/C17H22N4O/c1-13-9-15(10-18)12-21(13)17(22)16-5-3-14(4-6-16)11-20-8-2-7-19-20/h2-8,13,15H,9-12,18H2,1H3. The molecule has 0 aliphatic carbocycles. The molecule has 2 unspecified atom stereocenters. The number of nitrogens with zero attached hydrogens (tertiary/aromatic N) is 3. The molecule has 1 fully saturated rings. The van der Waals surface area contributed by atoms with E-state index in [0.717, 1.165) is 30.6 Å². The van der Waals surface area contributed by atoms with Crippen LogP contribution in [0.3, 0.4) is 0 Å². The van der Waals surface area contributed by atoms with Crippen LogP contribution in [0.2, 0.25) is 0 Å². The Balaban J connectivity index is 1.68. The van der Waals surface area contributed by atoms with Crippen molar-refractivity contribution >= 4 is 5.91 Å². The summed E-state index contributed by atoms with van der Waals surface area (Å²) in [5.41, 5.74) is 7.61. The molecular weight excluding hydrogens is 276 g/mol. The molecule has 1 aliphatic heterocycles. The highest BCUT2D eigenvalue weighted by molar-refractivity contribution is 5.94. The van der Waals surface area contributed by atoms with Crippen molar-refractivity contribution in [2.45, 2.75) is 25.9 Å². The van der Waals surface area contributed by atoms with E-state index < -0.39 is 0 Å². The number of amides is 1. The summed E-state index contributed by atoms with van der Waals surface area (Å²) in [6, 6.07) is 9.98. The Morgan fingerprint density at radius 3 is 2.73 bits per heavy atom. The van der Waals surface area contributed by atoms with Gasteiger partial charge in [-0.3, -0.25) is 9.48 Å². The maximum absolute atomic E-state index is 12.6. The summed E-state index contributed by atoms with van der Waals surface area (Å²) in [7, 11) is 0. The van der Waals surface area contributed by atoms with Crippen molar-refractivity contribution in [2.24, 2.45) is 11.7 Å². The lowest BCUT2D eigenvalue weighted by atomic mass is 10.1.